The van der Waals surface area contributed by atoms with Gasteiger partial charge in [-0.05, 0) is 20.3 Å². The van der Waals surface area contributed by atoms with E-state index >= 15 is 0 Å². The molecule has 0 aliphatic carbocycles. The Kier molecular flexibility index (Phi) is 6.48. The maximum absolute atomic E-state index is 11.9. The molecule has 0 fully saturated rings. The van der Waals surface area contributed by atoms with Gasteiger partial charge in [0.2, 0.25) is 17.8 Å². The highest BCUT2D eigenvalue weighted by atomic mass is 16.5. The second-order valence-electron chi connectivity index (χ2n) is 4.07. The third kappa shape index (κ3) is 4.87. The average molecular weight is 282 g/mol. The molecule has 1 heterocycles. The van der Waals surface area contributed by atoms with Crippen LogP contribution < -0.4 is 15.8 Å². The molecular formula is C12H22N6O2. The standard InChI is InChI=1S/C12H22N6O2/c1-4-7-20-12-16-10(13)15-11(17-12)14-8-9(19)18(5-2)6-3/h4-8H2,1-3H3,(H3,13,14,15,16,17). The average Bonchev–Trinajstić information content (AvgIpc) is 2.43. The van der Waals surface area contributed by atoms with Gasteiger partial charge in [0, 0.05) is 13.1 Å². The molecule has 8 nitrogen and oxygen atoms in total. The molecule has 0 aliphatic rings. The summed E-state index contributed by atoms with van der Waals surface area (Å²) in [7, 11) is 0. The number of amides is 1. The van der Waals surface area contributed by atoms with Gasteiger partial charge in [0.1, 0.15) is 0 Å². The Bertz CT molecular complexity index is 436. The maximum atomic E-state index is 11.9. The summed E-state index contributed by atoms with van der Waals surface area (Å²) < 4.78 is 5.30. The Morgan fingerprint density at radius 2 is 1.95 bits per heavy atom. The van der Waals surface area contributed by atoms with Crippen molar-refractivity contribution >= 4 is 17.8 Å². The predicted octanol–water partition coefficient (Wildman–Crippen LogP) is 0.523. The molecule has 1 aromatic heterocycles. The number of nitrogen functional groups attached to an aromatic ring is 1. The quantitative estimate of drug-likeness (QED) is 0.716. The fourth-order valence-electron chi connectivity index (χ4n) is 1.55. The Hall–Kier alpha value is -2.12. The summed E-state index contributed by atoms with van der Waals surface area (Å²) in [5.74, 6) is 0.276. The molecule has 20 heavy (non-hydrogen) atoms. The number of ether oxygens (including phenoxy) is 1. The van der Waals surface area contributed by atoms with Gasteiger partial charge in [-0.3, -0.25) is 4.79 Å². The normalized spacial score (nSPS) is 10.2. The van der Waals surface area contributed by atoms with Crippen molar-refractivity contribution in [2.24, 2.45) is 0 Å². The predicted molar refractivity (Wildman–Crippen MR) is 76.4 cm³/mol. The second-order valence-corrected chi connectivity index (χ2v) is 4.07. The maximum Gasteiger partial charge on any atom is 0.323 e. The van der Waals surface area contributed by atoms with E-state index in [1.54, 1.807) is 4.90 Å². The minimum atomic E-state index is -0.0231. The Morgan fingerprint density at radius 1 is 1.25 bits per heavy atom. The number of hydrogen-bond acceptors (Lipinski definition) is 7. The lowest BCUT2D eigenvalue weighted by Gasteiger charge is -2.18. The van der Waals surface area contributed by atoms with Gasteiger partial charge < -0.3 is 20.7 Å². The van der Waals surface area contributed by atoms with Crippen LogP contribution in [0.15, 0.2) is 0 Å². The van der Waals surface area contributed by atoms with E-state index in [9.17, 15) is 4.79 Å². The van der Waals surface area contributed by atoms with Crippen LogP contribution in [0.4, 0.5) is 11.9 Å². The van der Waals surface area contributed by atoms with Gasteiger partial charge >= 0.3 is 6.01 Å². The van der Waals surface area contributed by atoms with Gasteiger partial charge in [-0.15, -0.1) is 0 Å². The number of aromatic nitrogens is 3. The van der Waals surface area contributed by atoms with Crippen LogP contribution in [0.25, 0.3) is 0 Å². The molecule has 0 bridgehead atoms. The molecule has 3 N–H and O–H groups in total. The van der Waals surface area contributed by atoms with Crippen molar-refractivity contribution in [1.29, 1.82) is 0 Å². The zero-order valence-corrected chi connectivity index (χ0v) is 12.2. The second kappa shape index (κ2) is 8.13. The van der Waals surface area contributed by atoms with Gasteiger partial charge in [-0.2, -0.15) is 15.0 Å². The van der Waals surface area contributed by atoms with E-state index in [0.29, 0.717) is 19.7 Å². The van der Waals surface area contributed by atoms with Crippen molar-refractivity contribution in [3.8, 4) is 6.01 Å². The number of likely N-dealkylation sites (N-methyl/N-ethyl adjacent to an activating group) is 1. The van der Waals surface area contributed by atoms with Crippen LogP contribution in [0.5, 0.6) is 6.01 Å². The van der Waals surface area contributed by atoms with E-state index in [1.807, 2.05) is 20.8 Å². The van der Waals surface area contributed by atoms with Crippen LogP contribution in [0.1, 0.15) is 27.2 Å². The van der Waals surface area contributed by atoms with E-state index in [-0.39, 0.29) is 30.4 Å². The third-order valence-corrected chi connectivity index (χ3v) is 2.58. The summed E-state index contributed by atoms with van der Waals surface area (Å²) in [6.07, 6.45) is 0.842. The number of nitrogens with one attached hydrogen (secondary N) is 1. The molecule has 0 saturated carbocycles. The fraction of sp³-hybridized carbons (Fsp3) is 0.667. The number of rotatable bonds is 8. The molecule has 0 saturated heterocycles. The van der Waals surface area contributed by atoms with Crippen LogP contribution in [-0.2, 0) is 4.79 Å². The zero-order valence-electron chi connectivity index (χ0n) is 12.2. The summed E-state index contributed by atoms with van der Waals surface area (Å²) in [5.41, 5.74) is 5.57. The molecule has 1 aromatic rings. The highest BCUT2D eigenvalue weighted by Crippen LogP contribution is 2.09. The van der Waals surface area contributed by atoms with E-state index in [1.165, 1.54) is 0 Å². The number of nitrogens with zero attached hydrogens (tertiary/aromatic N) is 4. The number of hydrogen-bond donors (Lipinski definition) is 2. The van der Waals surface area contributed by atoms with Crippen molar-refractivity contribution in [2.45, 2.75) is 27.2 Å². The molecular weight excluding hydrogens is 260 g/mol. The number of nitrogens with two attached hydrogens (primary N) is 1. The summed E-state index contributed by atoms with van der Waals surface area (Å²) in [4.78, 5) is 25.4. The molecule has 0 radical (unpaired) electrons. The minimum Gasteiger partial charge on any atom is -0.463 e. The fourth-order valence-corrected chi connectivity index (χ4v) is 1.55. The molecule has 0 spiro atoms. The Balaban J connectivity index is 2.63. The summed E-state index contributed by atoms with van der Waals surface area (Å²) in [5, 5.41) is 2.84. The molecule has 1 amide bonds. The van der Waals surface area contributed by atoms with Crippen molar-refractivity contribution < 1.29 is 9.53 Å². The van der Waals surface area contributed by atoms with Crippen LogP contribution in [0, 0.1) is 0 Å². The van der Waals surface area contributed by atoms with Crippen molar-refractivity contribution in [3.63, 3.8) is 0 Å². The van der Waals surface area contributed by atoms with Gasteiger partial charge in [0.05, 0.1) is 13.2 Å². The van der Waals surface area contributed by atoms with Gasteiger partial charge in [-0.1, -0.05) is 6.92 Å². The van der Waals surface area contributed by atoms with Crippen molar-refractivity contribution in [1.82, 2.24) is 19.9 Å². The molecule has 0 aromatic carbocycles. The van der Waals surface area contributed by atoms with Crippen LogP contribution >= 0.6 is 0 Å². The first kappa shape index (κ1) is 15.9. The van der Waals surface area contributed by atoms with Gasteiger partial charge in [0.15, 0.2) is 0 Å². The van der Waals surface area contributed by atoms with Crippen LogP contribution in [0.3, 0.4) is 0 Å². The highest BCUT2D eigenvalue weighted by Gasteiger charge is 2.11. The Labute approximate surface area is 118 Å². The first-order valence-electron chi connectivity index (χ1n) is 6.76. The minimum absolute atomic E-state index is 0.0231. The lowest BCUT2D eigenvalue weighted by molar-refractivity contribution is -0.128. The Morgan fingerprint density at radius 3 is 2.55 bits per heavy atom. The molecule has 0 aliphatic heterocycles. The number of carbonyl (C=O) groups excluding carboxylic acids is 1. The first-order chi connectivity index (χ1) is 9.60. The van der Waals surface area contributed by atoms with Crippen LogP contribution in [-0.4, -0.2) is 52.0 Å². The molecule has 0 atom stereocenters. The third-order valence-electron chi connectivity index (χ3n) is 2.58. The highest BCUT2D eigenvalue weighted by molar-refractivity contribution is 5.80. The molecule has 112 valence electrons. The summed E-state index contributed by atoms with van der Waals surface area (Å²) in [6, 6.07) is 0.164. The zero-order chi connectivity index (χ0) is 15.0. The van der Waals surface area contributed by atoms with Crippen molar-refractivity contribution in [3.05, 3.63) is 0 Å². The smallest absolute Gasteiger partial charge is 0.323 e. The molecule has 1 rings (SSSR count). The monoisotopic (exact) mass is 282 g/mol. The molecule has 0 unspecified atom stereocenters. The van der Waals surface area contributed by atoms with E-state index in [4.69, 9.17) is 10.5 Å². The van der Waals surface area contributed by atoms with E-state index in [0.717, 1.165) is 6.42 Å². The topological polar surface area (TPSA) is 106 Å². The SMILES string of the molecule is CCCOc1nc(N)nc(NCC(=O)N(CC)CC)n1. The lowest BCUT2D eigenvalue weighted by Crippen LogP contribution is -2.35. The van der Waals surface area contributed by atoms with Gasteiger partial charge in [-0.25, -0.2) is 0 Å². The van der Waals surface area contributed by atoms with Gasteiger partial charge in [0.25, 0.3) is 0 Å². The number of anilines is 2. The first-order valence-corrected chi connectivity index (χ1v) is 6.76. The largest absolute Gasteiger partial charge is 0.463 e. The van der Waals surface area contributed by atoms with Crippen molar-refractivity contribution in [2.75, 3.05) is 37.3 Å². The summed E-state index contributed by atoms with van der Waals surface area (Å²) in [6.45, 7) is 7.78. The summed E-state index contributed by atoms with van der Waals surface area (Å²) >= 11 is 0. The number of carbonyl (C=O) groups is 1. The van der Waals surface area contributed by atoms with Crippen LogP contribution in [0.2, 0.25) is 0 Å². The molecule has 8 heteroatoms. The van der Waals surface area contributed by atoms with E-state index < -0.39 is 0 Å². The van der Waals surface area contributed by atoms with E-state index in [2.05, 4.69) is 20.3 Å². The lowest BCUT2D eigenvalue weighted by atomic mass is 10.4.